The van der Waals surface area contributed by atoms with Gasteiger partial charge in [-0.25, -0.2) is 19.3 Å². The number of anilines is 1. The number of piperazine rings is 1. The van der Waals surface area contributed by atoms with Crippen LogP contribution in [0.15, 0.2) is 36.8 Å². The Labute approximate surface area is 181 Å². The van der Waals surface area contributed by atoms with Crippen LogP contribution in [0.25, 0.3) is 16.8 Å². The van der Waals surface area contributed by atoms with E-state index in [9.17, 15) is 4.79 Å². The van der Waals surface area contributed by atoms with Crippen molar-refractivity contribution in [1.29, 1.82) is 0 Å². The van der Waals surface area contributed by atoms with Gasteiger partial charge in [-0.3, -0.25) is 0 Å². The van der Waals surface area contributed by atoms with Crippen molar-refractivity contribution in [3.05, 3.63) is 36.8 Å². The molecule has 0 aromatic carbocycles. The summed E-state index contributed by atoms with van der Waals surface area (Å²) in [6.07, 6.45) is 5.43. The summed E-state index contributed by atoms with van der Waals surface area (Å²) in [6.45, 7) is 8.15. The fraction of sp³-hybridized carbons (Fsp3) is 0.455. The molecule has 0 saturated carbocycles. The van der Waals surface area contributed by atoms with E-state index in [2.05, 4.69) is 28.8 Å². The van der Waals surface area contributed by atoms with E-state index in [1.165, 1.54) is 0 Å². The monoisotopic (exact) mass is 421 g/mol. The lowest BCUT2D eigenvalue weighted by atomic mass is 10.1. The van der Waals surface area contributed by atoms with Crippen molar-refractivity contribution in [1.82, 2.24) is 29.4 Å². The summed E-state index contributed by atoms with van der Waals surface area (Å²) >= 11 is 0. The Morgan fingerprint density at radius 1 is 1.19 bits per heavy atom. The quantitative estimate of drug-likeness (QED) is 0.629. The normalized spacial score (nSPS) is 18.9. The van der Waals surface area contributed by atoms with Gasteiger partial charge in [0.1, 0.15) is 5.82 Å². The van der Waals surface area contributed by atoms with Crippen LogP contribution in [0, 0.1) is 5.92 Å². The highest BCUT2D eigenvalue weighted by Gasteiger charge is 2.40. The van der Waals surface area contributed by atoms with Crippen LogP contribution in [-0.2, 0) is 0 Å². The molecule has 0 bridgehead atoms. The van der Waals surface area contributed by atoms with Crippen LogP contribution in [0.2, 0.25) is 0 Å². The second-order valence-electron chi connectivity index (χ2n) is 8.55. The summed E-state index contributed by atoms with van der Waals surface area (Å²) in [5.41, 5.74) is 2.50. The molecule has 0 N–H and O–H groups in total. The van der Waals surface area contributed by atoms with Crippen LogP contribution in [0.3, 0.4) is 0 Å². The van der Waals surface area contributed by atoms with E-state index < -0.39 is 0 Å². The lowest BCUT2D eigenvalue weighted by molar-refractivity contribution is 0.180. The van der Waals surface area contributed by atoms with E-state index in [0.29, 0.717) is 18.3 Å². The van der Waals surface area contributed by atoms with Crippen molar-refractivity contribution in [3.8, 4) is 17.0 Å². The highest BCUT2D eigenvalue weighted by molar-refractivity contribution is 5.81. The van der Waals surface area contributed by atoms with Gasteiger partial charge in [0.15, 0.2) is 5.65 Å². The number of rotatable bonds is 5. The Morgan fingerprint density at radius 2 is 2.06 bits per heavy atom. The first-order chi connectivity index (χ1) is 15.0. The zero-order chi connectivity index (χ0) is 21.5. The minimum atomic E-state index is 0.170. The Kier molecular flexibility index (Phi) is 4.88. The smallest absolute Gasteiger partial charge is 0.320 e. The Hall–Kier alpha value is -3.36. The molecule has 1 atom stereocenters. The second-order valence-corrected chi connectivity index (χ2v) is 8.55. The number of methoxy groups -OCH3 is 1. The zero-order valence-electron chi connectivity index (χ0n) is 18.1. The molecule has 0 radical (unpaired) electrons. The number of carbonyl (C=O) groups excluding carboxylic acids is 1. The van der Waals surface area contributed by atoms with Crippen molar-refractivity contribution in [3.63, 3.8) is 0 Å². The minimum absolute atomic E-state index is 0.170. The number of hydrogen-bond acceptors (Lipinski definition) is 6. The predicted octanol–water partition coefficient (Wildman–Crippen LogP) is 2.38. The van der Waals surface area contributed by atoms with Crippen LogP contribution in [0.4, 0.5) is 10.6 Å². The van der Waals surface area contributed by atoms with Crippen molar-refractivity contribution in [2.24, 2.45) is 5.92 Å². The van der Waals surface area contributed by atoms with Crippen molar-refractivity contribution in [2.45, 2.75) is 19.9 Å². The number of aromatic nitrogens is 4. The minimum Gasteiger partial charge on any atom is -0.481 e. The van der Waals surface area contributed by atoms with Gasteiger partial charge in [-0.15, -0.1) is 0 Å². The number of amides is 2. The summed E-state index contributed by atoms with van der Waals surface area (Å²) in [4.78, 5) is 28.2. The molecule has 5 rings (SSSR count). The summed E-state index contributed by atoms with van der Waals surface area (Å²) in [5, 5.41) is 4.45. The number of carbonyl (C=O) groups is 1. The molecule has 0 spiro atoms. The summed E-state index contributed by atoms with van der Waals surface area (Å²) in [5.74, 6) is 1.91. The van der Waals surface area contributed by atoms with Crippen LogP contribution < -0.4 is 9.64 Å². The fourth-order valence-corrected chi connectivity index (χ4v) is 4.56. The van der Waals surface area contributed by atoms with Gasteiger partial charge in [0, 0.05) is 50.7 Å². The molecule has 2 fully saturated rings. The number of pyridine rings is 1. The van der Waals surface area contributed by atoms with E-state index in [1.807, 2.05) is 34.2 Å². The molecule has 2 aliphatic heterocycles. The lowest BCUT2D eigenvalue weighted by Gasteiger charge is -2.37. The van der Waals surface area contributed by atoms with Crippen molar-refractivity contribution >= 4 is 17.5 Å². The Balaban J connectivity index is 1.42. The predicted molar refractivity (Wildman–Crippen MR) is 117 cm³/mol. The van der Waals surface area contributed by atoms with E-state index in [-0.39, 0.29) is 12.1 Å². The zero-order valence-corrected chi connectivity index (χ0v) is 18.1. The van der Waals surface area contributed by atoms with E-state index in [0.717, 1.165) is 48.8 Å². The fourth-order valence-electron chi connectivity index (χ4n) is 4.56. The third-order valence-corrected chi connectivity index (χ3v) is 5.95. The van der Waals surface area contributed by atoms with E-state index >= 15 is 0 Å². The summed E-state index contributed by atoms with van der Waals surface area (Å²) < 4.78 is 7.20. The van der Waals surface area contributed by atoms with Crippen molar-refractivity contribution < 1.29 is 9.53 Å². The van der Waals surface area contributed by atoms with Gasteiger partial charge >= 0.3 is 6.03 Å². The topological polar surface area (TPSA) is 79.1 Å². The molecule has 5 heterocycles. The highest BCUT2D eigenvalue weighted by atomic mass is 16.5. The lowest BCUT2D eigenvalue weighted by Crippen LogP contribution is -2.52. The molecule has 3 aromatic heterocycles. The molecule has 31 heavy (non-hydrogen) atoms. The molecule has 1 unspecified atom stereocenters. The molecule has 2 saturated heterocycles. The van der Waals surface area contributed by atoms with Crippen LogP contribution in [0.1, 0.15) is 13.8 Å². The third kappa shape index (κ3) is 3.43. The van der Waals surface area contributed by atoms with E-state index in [4.69, 9.17) is 9.72 Å². The maximum atomic E-state index is 12.7. The maximum absolute atomic E-state index is 12.7. The summed E-state index contributed by atoms with van der Waals surface area (Å²) in [7, 11) is 1.61. The van der Waals surface area contributed by atoms with Gasteiger partial charge in [-0.2, -0.15) is 5.10 Å². The Morgan fingerprint density at radius 3 is 2.87 bits per heavy atom. The SMILES string of the molecule is COc1ncccc1-c1cnn2ccc(N3CCN4C(=O)N(CC(C)C)CC4C3)nc12. The van der Waals surface area contributed by atoms with Gasteiger partial charge in [0.05, 0.1) is 24.9 Å². The average Bonchev–Trinajstić information content (AvgIpc) is 3.33. The molecule has 9 heteroatoms. The largest absolute Gasteiger partial charge is 0.481 e. The number of urea groups is 1. The van der Waals surface area contributed by atoms with Gasteiger partial charge in [-0.05, 0) is 24.1 Å². The molecular weight excluding hydrogens is 394 g/mol. The summed E-state index contributed by atoms with van der Waals surface area (Å²) in [6, 6.07) is 6.19. The number of nitrogens with zero attached hydrogens (tertiary/aromatic N) is 7. The molecule has 2 amide bonds. The van der Waals surface area contributed by atoms with Gasteiger partial charge in [-0.1, -0.05) is 13.8 Å². The van der Waals surface area contributed by atoms with Crippen LogP contribution in [0.5, 0.6) is 5.88 Å². The molecule has 9 nitrogen and oxygen atoms in total. The first kappa shape index (κ1) is 19.6. The first-order valence-electron chi connectivity index (χ1n) is 10.7. The average molecular weight is 422 g/mol. The van der Waals surface area contributed by atoms with Crippen LogP contribution >= 0.6 is 0 Å². The van der Waals surface area contributed by atoms with Crippen molar-refractivity contribution in [2.75, 3.05) is 44.7 Å². The number of ether oxygens (including phenoxy) is 1. The van der Waals surface area contributed by atoms with E-state index in [1.54, 1.807) is 24.0 Å². The molecule has 0 aliphatic carbocycles. The molecule has 3 aromatic rings. The third-order valence-electron chi connectivity index (χ3n) is 5.95. The molecule has 162 valence electrons. The van der Waals surface area contributed by atoms with Crippen LogP contribution in [-0.4, -0.2) is 81.3 Å². The molecule has 2 aliphatic rings. The number of fused-ring (bicyclic) bond motifs is 2. The van der Waals surface area contributed by atoms with Gasteiger partial charge < -0.3 is 19.4 Å². The Bertz CT molecular complexity index is 1110. The standard InChI is InChI=1S/C22H27N7O2/c1-15(2)12-27-14-16-13-26(9-10-28(16)22(27)30)19-6-8-29-20(25-19)18(11-24-29)17-5-4-7-23-21(17)31-3/h4-8,11,15-16H,9-10,12-14H2,1-3H3. The second kappa shape index (κ2) is 7.72. The maximum Gasteiger partial charge on any atom is 0.320 e. The molecular formula is C22H27N7O2. The van der Waals surface area contributed by atoms with Gasteiger partial charge in [0.25, 0.3) is 0 Å². The highest BCUT2D eigenvalue weighted by Crippen LogP contribution is 2.31. The van der Waals surface area contributed by atoms with Gasteiger partial charge in [0.2, 0.25) is 5.88 Å². The number of hydrogen-bond donors (Lipinski definition) is 0. The first-order valence-corrected chi connectivity index (χ1v) is 10.7.